The van der Waals surface area contributed by atoms with Crippen LogP contribution in [-0.2, 0) is 14.3 Å². The van der Waals surface area contributed by atoms with Gasteiger partial charge in [0.05, 0.1) is 6.61 Å². The van der Waals surface area contributed by atoms with Crippen LogP contribution in [0, 0.1) is 11.3 Å². The number of ether oxygens (including phenoxy) is 1. The van der Waals surface area contributed by atoms with Crippen molar-refractivity contribution in [2.24, 2.45) is 11.3 Å². The summed E-state index contributed by atoms with van der Waals surface area (Å²) in [5.74, 6) is -0.583. The van der Waals surface area contributed by atoms with Crippen LogP contribution in [0.25, 0.3) is 0 Å². The van der Waals surface area contributed by atoms with E-state index >= 15 is 0 Å². The highest BCUT2D eigenvalue weighted by Crippen LogP contribution is 2.33. The Morgan fingerprint density at radius 2 is 1.86 bits per heavy atom. The molecule has 0 aromatic carbocycles. The Kier molecular flexibility index (Phi) is 5.62. The third-order valence-electron chi connectivity index (χ3n) is 4.97. The van der Waals surface area contributed by atoms with Crippen molar-refractivity contribution < 1.29 is 19.4 Å². The number of rotatable bonds is 4. The van der Waals surface area contributed by atoms with Crippen LogP contribution in [0.4, 0.5) is 0 Å². The SMILES string of the molecule is COCC1(C(=O)O)CCCN(C(=O)C2CCCCCC2)C1. The van der Waals surface area contributed by atoms with Gasteiger partial charge in [-0.05, 0) is 25.7 Å². The van der Waals surface area contributed by atoms with Crippen LogP contribution < -0.4 is 0 Å². The van der Waals surface area contributed by atoms with E-state index < -0.39 is 11.4 Å². The summed E-state index contributed by atoms with van der Waals surface area (Å²) in [6.45, 7) is 1.16. The predicted molar refractivity (Wildman–Crippen MR) is 79.0 cm³/mol. The van der Waals surface area contributed by atoms with Gasteiger partial charge in [-0.3, -0.25) is 9.59 Å². The lowest BCUT2D eigenvalue weighted by atomic mass is 9.80. The van der Waals surface area contributed by atoms with E-state index in [1.54, 1.807) is 4.90 Å². The third kappa shape index (κ3) is 3.76. The average Bonchev–Trinajstić information content (AvgIpc) is 2.76. The van der Waals surface area contributed by atoms with Crippen molar-refractivity contribution >= 4 is 11.9 Å². The molecular formula is C16H27NO4. The molecule has 0 aromatic rings. The van der Waals surface area contributed by atoms with Gasteiger partial charge in [0.1, 0.15) is 5.41 Å². The second kappa shape index (κ2) is 7.25. The van der Waals surface area contributed by atoms with Crippen molar-refractivity contribution in [3.05, 3.63) is 0 Å². The van der Waals surface area contributed by atoms with E-state index in [1.165, 1.54) is 20.0 Å². The van der Waals surface area contributed by atoms with E-state index in [0.29, 0.717) is 19.5 Å². The molecule has 1 unspecified atom stereocenters. The molecule has 2 rings (SSSR count). The van der Waals surface area contributed by atoms with Crippen molar-refractivity contribution in [2.75, 3.05) is 26.8 Å². The monoisotopic (exact) mass is 297 g/mol. The largest absolute Gasteiger partial charge is 0.481 e. The molecule has 1 N–H and O–H groups in total. The number of hydrogen-bond donors (Lipinski definition) is 1. The van der Waals surface area contributed by atoms with E-state index in [1.807, 2.05) is 0 Å². The highest BCUT2D eigenvalue weighted by Gasteiger charge is 2.44. The minimum Gasteiger partial charge on any atom is -0.481 e. The van der Waals surface area contributed by atoms with Crippen LogP contribution in [0.5, 0.6) is 0 Å². The molecule has 21 heavy (non-hydrogen) atoms. The molecular weight excluding hydrogens is 270 g/mol. The van der Waals surface area contributed by atoms with Crippen LogP contribution in [0.3, 0.4) is 0 Å². The summed E-state index contributed by atoms with van der Waals surface area (Å²) in [6.07, 6.45) is 7.91. The lowest BCUT2D eigenvalue weighted by molar-refractivity contribution is -0.160. The van der Waals surface area contributed by atoms with Gasteiger partial charge in [0, 0.05) is 26.1 Å². The molecule has 2 fully saturated rings. The van der Waals surface area contributed by atoms with Gasteiger partial charge in [-0.25, -0.2) is 0 Å². The number of aliphatic carboxylic acids is 1. The molecule has 1 saturated carbocycles. The first kappa shape index (κ1) is 16.3. The van der Waals surface area contributed by atoms with Crippen LogP contribution in [0.1, 0.15) is 51.4 Å². The Morgan fingerprint density at radius 1 is 1.19 bits per heavy atom. The maximum absolute atomic E-state index is 12.7. The highest BCUT2D eigenvalue weighted by atomic mass is 16.5. The van der Waals surface area contributed by atoms with Crippen molar-refractivity contribution in [3.63, 3.8) is 0 Å². The first-order chi connectivity index (χ1) is 10.1. The van der Waals surface area contributed by atoms with E-state index in [-0.39, 0.29) is 18.4 Å². The van der Waals surface area contributed by atoms with Crippen LogP contribution in [0.2, 0.25) is 0 Å². The van der Waals surface area contributed by atoms with E-state index in [0.717, 1.165) is 32.1 Å². The Hall–Kier alpha value is -1.10. The van der Waals surface area contributed by atoms with Gasteiger partial charge in [-0.2, -0.15) is 0 Å². The van der Waals surface area contributed by atoms with Crippen molar-refractivity contribution in [1.29, 1.82) is 0 Å². The van der Waals surface area contributed by atoms with Crippen molar-refractivity contribution in [2.45, 2.75) is 51.4 Å². The summed E-state index contributed by atoms with van der Waals surface area (Å²) in [5.41, 5.74) is -0.923. The summed E-state index contributed by atoms with van der Waals surface area (Å²) in [6, 6.07) is 0. The maximum atomic E-state index is 12.7. The smallest absolute Gasteiger partial charge is 0.313 e. The lowest BCUT2D eigenvalue weighted by Crippen LogP contribution is -2.53. The number of likely N-dealkylation sites (tertiary alicyclic amines) is 1. The fourth-order valence-corrected chi connectivity index (χ4v) is 3.73. The van der Waals surface area contributed by atoms with E-state index in [4.69, 9.17) is 4.74 Å². The van der Waals surface area contributed by atoms with Gasteiger partial charge >= 0.3 is 5.97 Å². The molecule has 120 valence electrons. The summed E-state index contributed by atoms with van der Waals surface area (Å²) in [7, 11) is 1.52. The average molecular weight is 297 g/mol. The quantitative estimate of drug-likeness (QED) is 0.809. The molecule has 1 aliphatic heterocycles. The van der Waals surface area contributed by atoms with Gasteiger partial charge in [-0.15, -0.1) is 0 Å². The lowest BCUT2D eigenvalue weighted by Gasteiger charge is -2.40. The fourth-order valence-electron chi connectivity index (χ4n) is 3.73. The molecule has 5 nitrogen and oxygen atoms in total. The molecule has 1 heterocycles. The van der Waals surface area contributed by atoms with Gasteiger partial charge in [-0.1, -0.05) is 25.7 Å². The Balaban J connectivity index is 2.05. The molecule has 0 bridgehead atoms. The van der Waals surface area contributed by atoms with Crippen LogP contribution in [0.15, 0.2) is 0 Å². The zero-order valence-corrected chi connectivity index (χ0v) is 13.0. The molecule has 1 saturated heterocycles. The standard InChI is InChI=1S/C16H27NO4/c1-21-12-16(15(19)20)9-6-10-17(11-16)14(18)13-7-4-2-3-5-8-13/h13H,2-12H2,1H3,(H,19,20). The minimum atomic E-state index is -0.923. The molecule has 5 heteroatoms. The summed E-state index contributed by atoms with van der Waals surface area (Å²) in [4.78, 5) is 26.1. The molecule has 1 amide bonds. The normalized spacial score (nSPS) is 28.1. The molecule has 0 aromatic heterocycles. The second-order valence-corrected chi connectivity index (χ2v) is 6.57. The number of carbonyl (C=O) groups is 2. The minimum absolute atomic E-state index is 0.0969. The number of methoxy groups -OCH3 is 1. The topological polar surface area (TPSA) is 66.8 Å². The zero-order valence-electron chi connectivity index (χ0n) is 13.0. The number of nitrogens with zero attached hydrogens (tertiary/aromatic N) is 1. The highest BCUT2D eigenvalue weighted by molar-refractivity contribution is 5.81. The van der Waals surface area contributed by atoms with Gasteiger partial charge in [0.25, 0.3) is 0 Å². The van der Waals surface area contributed by atoms with Crippen LogP contribution >= 0.6 is 0 Å². The molecule has 1 aliphatic carbocycles. The van der Waals surface area contributed by atoms with Gasteiger partial charge in [0.15, 0.2) is 0 Å². The number of amides is 1. The Labute approximate surface area is 126 Å². The van der Waals surface area contributed by atoms with Crippen molar-refractivity contribution in [3.8, 4) is 0 Å². The number of carboxylic acid groups (broad SMARTS) is 1. The molecule has 2 aliphatic rings. The van der Waals surface area contributed by atoms with Crippen LogP contribution in [-0.4, -0.2) is 48.7 Å². The number of piperidine rings is 1. The second-order valence-electron chi connectivity index (χ2n) is 6.57. The third-order valence-corrected chi connectivity index (χ3v) is 4.97. The summed E-state index contributed by atoms with van der Waals surface area (Å²) >= 11 is 0. The maximum Gasteiger partial charge on any atom is 0.313 e. The van der Waals surface area contributed by atoms with Gasteiger partial charge in [0.2, 0.25) is 5.91 Å². The fraction of sp³-hybridized carbons (Fsp3) is 0.875. The van der Waals surface area contributed by atoms with Crippen molar-refractivity contribution in [1.82, 2.24) is 4.90 Å². The van der Waals surface area contributed by atoms with Gasteiger partial charge < -0.3 is 14.7 Å². The first-order valence-electron chi connectivity index (χ1n) is 8.10. The van der Waals surface area contributed by atoms with E-state index in [9.17, 15) is 14.7 Å². The number of carbonyl (C=O) groups excluding carboxylic acids is 1. The number of hydrogen-bond acceptors (Lipinski definition) is 3. The van der Waals surface area contributed by atoms with E-state index in [2.05, 4.69) is 0 Å². The summed E-state index contributed by atoms with van der Waals surface area (Å²) in [5, 5.41) is 9.56. The Morgan fingerprint density at radius 3 is 2.43 bits per heavy atom. The Bertz CT molecular complexity index is 372. The first-order valence-corrected chi connectivity index (χ1v) is 8.10. The summed E-state index contributed by atoms with van der Waals surface area (Å²) < 4.78 is 5.12. The molecule has 0 spiro atoms. The number of carboxylic acids is 1. The molecule has 0 radical (unpaired) electrons. The zero-order chi connectivity index (χ0) is 15.3. The predicted octanol–water partition coefficient (Wildman–Crippen LogP) is 2.30. The molecule has 1 atom stereocenters.